The van der Waals surface area contributed by atoms with Crippen molar-refractivity contribution < 1.29 is 13.2 Å². The van der Waals surface area contributed by atoms with E-state index >= 15 is 0 Å². The lowest BCUT2D eigenvalue weighted by molar-refractivity contribution is -0.119. The van der Waals surface area contributed by atoms with E-state index in [0.29, 0.717) is 17.3 Å². The van der Waals surface area contributed by atoms with Crippen molar-refractivity contribution in [1.29, 1.82) is 0 Å². The third-order valence-electron chi connectivity index (χ3n) is 4.39. The number of carbonyl (C=O) groups excluding carboxylic acids is 1. The zero-order valence-corrected chi connectivity index (χ0v) is 18.1. The van der Waals surface area contributed by atoms with Crippen LogP contribution in [0.3, 0.4) is 0 Å². The van der Waals surface area contributed by atoms with Gasteiger partial charge in [0.15, 0.2) is 0 Å². The van der Waals surface area contributed by atoms with Crippen molar-refractivity contribution in [2.75, 3.05) is 23.7 Å². The molecule has 0 fully saturated rings. The van der Waals surface area contributed by atoms with Crippen LogP contribution in [-0.4, -0.2) is 33.7 Å². The van der Waals surface area contributed by atoms with Gasteiger partial charge in [-0.2, -0.15) is 0 Å². The summed E-state index contributed by atoms with van der Waals surface area (Å²) in [5.41, 5.74) is 2.59. The third-order valence-corrected chi connectivity index (χ3v) is 5.77. The molecule has 0 unspecified atom stereocenters. The molecule has 0 bridgehead atoms. The number of para-hydroxylation sites is 1. The van der Waals surface area contributed by atoms with Crippen molar-refractivity contribution in [2.45, 2.75) is 32.6 Å². The summed E-state index contributed by atoms with van der Waals surface area (Å²) in [6, 6.07) is 14.9. The van der Waals surface area contributed by atoms with Crippen molar-refractivity contribution in [3.63, 3.8) is 0 Å². The maximum Gasteiger partial charge on any atom is 0.240 e. The van der Waals surface area contributed by atoms with E-state index in [-0.39, 0.29) is 18.4 Å². The SMILES string of the molecule is CC(C)c1ccccc1N(CC(=O)NCCCc1ccc(Cl)cc1)S(C)(=O)=O. The van der Waals surface area contributed by atoms with Gasteiger partial charge in [0, 0.05) is 11.6 Å². The number of carbonyl (C=O) groups is 1. The summed E-state index contributed by atoms with van der Waals surface area (Å²) in [5, 5.41) is 3.51. The molecule has 0 aliphatic rings. The second kappa shape index (κ2) is 9.94. The molecule has 0 saturated carbocycles. The molecule has 5 nitrogen and oxygen atoms in total. The first-order valence-corrected chi connectivity index (χ1v) is 11.5. The molecular weight excluding hydrogens is 396 g/mol. The number of amides is 1. The summed E-state index contributed by atoms with van der Waals surface area (Å²) in [7, 11) is -3.59. The second-order valence-corrected chi connectivity index (χ2v) is 9.41. The van der Waals surface area contributed by atoms with Gasteiger partial charge in [-0.1, -0.05) is 55.8 Å². The molecule has 0 atom stereocenters. The number of halogens is 1. The van der Waals surface area contributed by atoms with Gasteiger partial charge in [0.2, 0.25) is 15.9 Å². The van der Waals surface area contributed by atoms with E-state index in [4.69, 9.17) is 11.6 Å². The highest BCUT2D eigenvalue weighted by molar-refractivity contribution is 7.92. The van der Waals surface area contributed by atoms with Crippen LogP contribution in [0.1, 0.15) is 37.3 Å². The average Bonchev–Trinajstić information content (AvgIpc) is 2.64. The summed E-state index contributed by atoms with van der Waals surface area (Å²) in [6.45, 7) is 4.24. The fourth-order valence-corrected chi connectivity index (χ4v) is 3.94. The predicted molar refractivity (Wildman–Crippen MR) is 116 cm³/mol. The Hall–Kier alpha value is -2.05. The third kappa shape index (κ3) is 6.53. The second-order valence-electron chi connectivity index (χ2n) is 7.06. The van der Waals surface area contributed by atoms with Crippen LogP contribution in [0.25, 0.3) is 0 Å². The molecule has 2 aromatic carbocycles. The van der Waals surface area contributed by atoms with E-state index in [0.717, 1.165) is 30.2 Å². The van der Waals surface area contributed by atoms with Crippen LogP contribution < -0.4 is 9.62 Å². The van der Waals surface area contributed by atoms with Gasteiger partial charge >= 0.3 is 0 Å². The molecule has 2 rings (SSSR count). The standard InChI is InChI=1S/C21H27ClN2O3S/c1-16(2)19-8-4-5-9-20(19)24(28(3,26)27)15-21(25)23-14-6-7-17-10-12-18(22)13-11-17/h4-5,8-13,16H,6-7,14-15H2,1-3H3,(H,23,25). The molecule has 2 aromatic rings. The van der Waals surface area contributed by atoms with Crippen LogP contribution in [0.2, 0.25) is 5.02 Å². The molecule has 0 saturated heterocycles. The van der Waals surface area contributed by atoms with E-state index in [1.807, 2.05) is 50.2 Å². The van der Waals surface area contributed by atoms with Crippen molar-refractivity contribution in [2.24, 2.45) is 0 Å². The van der Waals surface area contributed by atoms with Crippen molar-refractivity contribution in [3.05, 3.63) is 64.7 Å². The van der Waals surface area contributed by atoms with Gasteiger partial charge in [0.1, 0.15) is 6.54 Å². The van der Waals surface area contributed by atoms with E-state index in [1.54, 1.807) is 12.1 Å². The Morgan fingerprint density at radius 1 is 1.11 bits per heavy atom. The quantitative estimate of drug-likeness (QED) is 0.621. The van der Waals surface area contributed by atoms with Gasteiger partial charge in [-0.05, 0) is 48.1 Å². The molecule has 1 amide bonds. The minimum absolute atomic E-state index is 0.142. The van der Waals surface area contributed by atoms with Gasteiger partial charge < -0.3 is 5.32 Å². The molecule has 1 N–H and O–H groups in total. The van der Waals surface area contributed by atoms with Gasteiger partial charge in [-0.25, -0.2) is 8.42 Å². The van der Waals surface area contributed by atoms with Gasteiger partial charge in [-0.15, -0.1) is 0 Å². The first-order valence-electron chi connectivity index (χ1n) is 9.26. The maximum absolute atomic E-state index is 12.4. The number of hydrogen-bond acceptors (Lipinski definition) is 3. The summed E-state index contributed by atoms with van der Waals surface area (Å²) in [6.07, 6.45) is 2.69. The van der Waals surface area contributed by atoms with E-state index in [2.05, 4.69) is 5.32 Å². The first kappa shape index (κ1) is 22.2. The molecule has 0 aliphatic carbocycles. The predicted octanol–water partition coefficient (Wildman–Crippen LogP) is 3.98. The van der Waals surface area contributed by atoms with Crippen molar-refractivity contribution in [3.8, 4) is 0 Å². The fourth-order valence-electron chi connectivity index (χ4n) is 2.94. The normalized spacial score (nSPS) is 11.5. The lowest BCUT2D eigenvalue weighted by atomic mass is 10.0. The topological polar surface area (TPSA) is 66.5 Å². The number of nitrogens with one attached hydrogen (secondary N) is 1. The lowest BCUT2D eigenvalue weighted by Gasteiger charge is -2.25. The molecule has 0 radical (unpaired) electrons. The van der Waals surface area contributed by atoms with E-state index in [9.17, 15) is 13.2 Å². The molecule has 152 valence electrons. The largest absolute Gasteiger partial charge is 0.355 e. The average molecular weight is 423 g/mol. The monoisotopic (exact) mass is 422 g/mol. The van der Waals surface area contributed by atoms with Crippen molar-refractivity contribution >= 4 is 33.2 Å². The molecule has 0 aliphatic heterocycles. The molecule has 28 heavy (non-hydrogen) atoms. The van der Waals surface area contributed by atoms with Gasteiger partial charge in [0.25, 0.3) is 0 Å². The van der Waals surface area contributed by atoms with E-state index in [1.165, 1.54) is 4.31 Å². The van der Waals surface area contributed by atoms with Crippen LogP contribution in [0, 0.1) is 0 Å². The highest BCUT2D eigenvalue weighted by Crippen LogP contribution is 2.28. The van der Waals surface area contributed by atoms with Crippen LogP contribution >= 0.6 is 11.6 Å². The highest BCUT2D eigenvalue weighted by Gasteiger charge is 2.23. The zero-order chi connectivity index (χ0) is 20.7. The molecular formula is C21H27ClN2O3S. The Labute approximate surface area is 172 Å². The summed E-state index contributed by atoms with van der Waals surface area (Å²) in [5.74, 6) is -0.178. The fraction of sp³-hybridized carbons (Fsp3) is 0.381. The molecule has 0 heterocycles. The van der Waals surface area contributed by atoms with E-state index < -0.39 is 10.0 Å². The maximum atomic E-state index is 12.4. The van der Waals surface area contributed by atoms with Gasteiger partial charge in [-0.3, -0.25) is 9.10 Å². The van der Waals surface area contributed by atoms with Crippen LogP contribution in [0.15, 0.2) is 48.5 Å². The number of hydrogen-bond donors (Lipinski definition) is 1. The number of sulfonamides is 1. The smallest absolute Gasteiger partial charge is 0.240 e. The van der Waals surface area contributed by atoms with Crippen LogP contribution in [-0.2, 0) is 21.2 Å². The first-order chi connectivity index (χ1) is 13.2. The Morgan fingerprint density at radius 2 is 1.75 bits per heavy atom. The number of nitrogens with zero attached hydrogens (tertiary/aromatic N) is 1. The summed E-state index contributed by atoms with van der Waals surface area (Å²) >= 11 is 5.87. The van der Waals surface area contributed by atoms with Crippen LogP contribution in [0.5, 0.6) is 0 Å². The number of anilines is 1. The molecule has 0 aromatic heterocycles. The summed E-state index contributed by atoms with van der Waals surface area (Å²) in [4.78, 5) is 12.4. The highest BCUT2D eigenvalue weighted by atomic mass is 35.5. The number of aryl methyl sites for hydroxylation is 1. The Morgan fingerprint density at radius 3 is 2.36 bits per heavy atom. The Bertz CT molecular complexity index is 896. The minimum atomic E-state index is -3.59. The molecule has 7 heteroatoms. The minimum Gasteiger partial charge on any atom is -0.355 e. The number of rotatable bonds is 9. The van der Waals surface area contributed by atoms with Crippen molar-refractivity contribution in [1.82, 2.24) is 5.32 Å². The molecule has 0 spiro atoms. The zero-order valence-electron chi connectivity index (χ0n) is 16.5. The van der Waals surface area contributed by atoms with Crippen LogP contribution in [0.4, 0.5) is 5.69 Å². The Balaban J connectivity index is 1.97. The summed E-state index contributed by atoms with van der Waals surface area (Å²) < 4.78 is 25.8. The lowest BCUT2D eigenvalue weighted by Crippen LogP contribution is -2.41. The number of benzene rings is 2. The van der Waals surface area contributed by atoms with Gasteiger partial charge in [0.05, 0.1) is 11.9 Å². The Kier molecular flexibility index (Phi) is 7.89.